The molecule has 6 nitrogen and oxygen atoms in total. The van der Waals surface area contributed by atoms with Crippen molar-refractivity contribution in [3.63, 3.8) is 0 Å². The number of nitrogens with one attached hydrogen (secondary N) is 1. The van der Waals surface area contributed by atoms with E-state index in [1.807, 2.05) is 0 Å². The second-order valence-electron chi connectivity index (χ2n) is 7.26. The molecule has 0 unspecified atom stereocenters. The van der Waals surface area contributed by atoms with Crippen molar-refractivity contribution in [3.05, 3.63) is 29.8 Å². The Labute approximate surface area is 154 Å². The number of anilines is 1. The molecule has 0 radical (unpaired) electrons. The molecule has 1 aliphatic carbocycles. The minimum absolute atomic E-state index is 0.0123. The number of carbonyl (C=O) groups is 2. The lowest BCUT2D eigenvalue weighted by Crippen LogP contribution is -2.21. The van der Waals surface area contributed by atoms with E-state index in [1.165, 1.54) is 6.42 Å². The highest BCUT2D eigenvalue weighted by Crippen LogP contribution is 2.23. The largest absolute Gasteiger partial charge is 0.459 e. The van der Waals surface area contributed by atoms with Crippen molar-refractivity contribution in [1.29, 1.82) is 0 Å². The summed E-state index contributed by atoms with van der Waals surface area (Å²) in [4.78, 5) is 24.2. The molecule has 1 aliphatic heterocycles. The van der Waals surface area contributed by atoms with Crippen molar-refractivity contribution in [2.75, 3.05) is 16.8 Å². The summed E-state index contributed by atoms with van der Waals surface area (Å²) in [5.74, 6) is -0.380. The molecule has 26 heavy (non-hydrogen) atoms. The van der Waals surface area contributed by atoms with Crippen LogP contribution >= 0.6 is 0 Å². The number of hydrogen-bond acceptors (Lipinski definition) is 5. The molecule has 0 bridgehead atoms. The molecular formula is C19H25NO5S. The summed E-state index contributed by atoms with van der Waals surface area (Å²) >= 11 is 0. The maximum absolute atomic E-state index is 12.2. The fourth-order valence-corrected chi connectivity index (χ4v) is 5.46. The zero-order valence-electron chi connectivity index (χ0n) is 14.8. The van der Waals surface area contributed by atoms with Crippen LogP contribution in [-0.2, 0) is 19.4 Å². The Morgan fingerprint density at radius 3 is 2.35 bits per heavy atom. The molecular weight excluding hydrogens is 354 g/mol. The molecule has 1 saturated carbocycles. The second-order valence-corrected chi connectivity index (χ2v) is 9.49. The summed E-state index contributed by atoms with van der Waals surface area (Å²) in [5.41, 5.74) is 1.06. The molecule has 1 saturated heterocycles. The van der Waals surface area contributed by atoms with Crippen molar-refractivity contribution < 1.29 is 22.7 Å². The van der Waals surface area contributed by atoms with Crippen molar-refractivity contribution in [3.8, 4) is 0 Å². The van der Waals surface area contributed by atoms with Gasteiger partial charge in [0.15, 0.2) is 9.84 Å². The molecule has 1 aromatic carbocycles. The number of amides is 1. The Morgan fingerprint density at radius 1 is 1.04 bits per heavy atom. The number of sulfone groups is 1. The molecule has 142 valence electrons. The van der Waals surface area contributed by atoms with Gasteiger partial charge in [-0.05, 0) is 62.3 Å². The summed E-state index contributed by atoms with van der Waals surface area (Å²) in [6.07, 6.45) is 6.02. The third-order valence-corrected chi connectivity index (χ3v) is 6.87. The van der Waals surface area contributed by atoms with E-state index in [-0.39, 0.29) is 41.8 Å². The fourth-order valence-electron chi connectivity index (χ4n) is 3.60. The van der Waals surface area contributed by atoms with Gasteiger partial charge in [0.25, 0.3) is 0 Å². The highest BCUT2D eigenvalue weighted by molar-refractivity contribution is 7.91. The molecule has 7 heteroatoms. The van der Waals surface area contributed by atoms with E-state index < -0.39 is 9.84 Å². The first-order valence-corrected chi connectivity index (χ1v) is 11.0. The van der Waals surface area contributed by atoms with Gasteiger partial charge in [0.05, 0.1) is 17.1 Å². The fraction of sp³-hybridized carbons (Fsp3) is 0.579. The monoisotopic (exact) mass is 379 g/mol. The van der Waals surface area contributed by atoms with E-state index in [1.54, 1.807) is 24.3 Å². The van der Waals surface area contributed by atoms with Crippen LogP contribution in [-0.4, -0.2) is 37.9 Å². The highest BCUT2D eigenvalue weighted by Gasteiger charge is 2.29. The molecule has 2 aliphatic rings. The number of esters is 1. The average Bonchev–Trinajstić information content (AvgIpc) is 2.94. The summed E-state index contributed by atoms with van der Waals surface area (Å²) in [6.45, 7) is 0. The van der Waals surface area contributed by atoms with Gasteiger partial charge in [-0.25, -0.2) is 13.2 Å². The lowest BCUT2D eigenvalue weighted by Gasteiger charge is -2.21. The molecule has 1 atom stereocenters. The molecule has 2 fully saturated rings. The Bertz CT molecular complexity index is 751. The number of benzene rings is 1. The van der Waals surface area contributed by atoms with Gasteiger partial charge in [0.1, 0.15) is 6.10 Å². The van der Waals surface area contributed by atoms with Crippen LogP contribution in [0.4, 0.5) is 5.69 Å². The first kappa shape index (κ1) is 18.9. The van der Waals surface area contributed by atoms with E-state index in [4.69, 9.17) is 4.74 Å². The summed E-state index contributed by atoms with van der Waals surface area (Å²) in [5, 5.41) is 2.76. The molecule has 0 aromatic heterocycles. The zero-order valence-corrected chi connectivity index (χ0v) is 15.6. The van der Waals surface area contributed by atoms with E-state index in [0.717, 1.165) is 25.7 Å². The van der Waals surface area contributed by atoms with Crippen molar-refractivity contribution in [2.24, 2.45) is 5.92 Å². The molecule has 1 heterocycles. The van der Waals surface area contributed by atoms with Gasteiger partial charge in [-0.1, -0.05) is 6.42 Å². The molecule has 1 aromatic rings. The highest BCUT2D eigenvalue weighted by atomic mass is 32.2. The Hall–Kier alpha value is -1.89. The third-order valence-electron chi connectivity index (χ3n) is 5.03. The topological polar surface area (TPSA) is 89.5 Å². The van der Waals surface area contributed by atoms with Crippen LogP contribution in [0, 0.1) is 5.92 Å². The van der Waals surface area contributed by atoms with Crippen molar-refractivity contribution in [2.45, 2.75) is 51.0 Å². The predicted octanol–water partition coefficient (Wildman–Crippen LogP) is 2.94. The Morgan fingerprint density at radius 2 is 1.73 bits per heavy atom. The molecule has 1 amide bonds. The van der Waals surface area contributed by atoms with E-state index in [9.17, 15) is 18.0 Å². The van der Waals surface area contributed by atoms with Crippen LogP contribution in [0.25, 0.3) is 0 Å². The molecule has 3 rings (SSSR count). The van der Waals surface area contributed by atoms with Gasteiger partial charge >= 0.3 is 5.97 Å². The maximum atomic E-state index is 12.2. The van der Waals surface area contributed by atoms with Gasteiger partial charge in [0, 0.05) is 12.1 Å². The number of rotatable bonds is 5. The van der Waals surface area contributed by atoms with Gasteiger partial charge < -0.3 is 10.1 Å². The predicted molar refractivity (Wildman–Crippen MR) is 98.7 cm³/mol. The van der Waals surface area contributed by atoms with Crippen LogP contribution in [0.2, 0.25) is 0 Å². The molecule has 1 N–H and O–H groups in total. The van der Waals surface area contributed by atoms with Gasteiger partial charge in [0.2, 0.25) is 5.91 Å². The van der Waals surface area contributed by atoms with E-state index in [0.29, 0.717) is 17.7 Å². The average molecular weight is 379 g/mol. The number of ether oxygens (including phenoxy) is 1. The quantitative estimate of drug-likeness (QED) is 0.795. The maximum Gasteiger partial charge on any atom is 0.338 e. The van der Waals surface area contributed by atoms with Gasteiger partial charge in [-0.15, -0.1) is 0 Å². The summed E-state index contributed by atoms with van der Waals surface area (Å²) < 4.78 is 28.4. The normalized spacial score (nSPS) is 22.7. The minimum atomic E-state index is -2.97. The first-order valence-electron chi connectivity index (χ1n) is 9.22. The van der Waals surface area contributed by atoms with Crippen molar-refractivity contribution in [1.82, 2.24) is 0 Å². The smallest absolute Gasteiger partial charge is 0.338 e. The lowest BCUT2D eigenvalue weighted by molar-refractivity contribution is -0.116. The summed E-state index contributed by atoms with van der Waals surface area (Å²) in [7, 11) is -2.97. The zero-order chi connectivity index (χ0) is 18.6. The van der Waals surface area contributed by atoms with Crippen LogP contribution in [0.3, 0.4) is 0 Å². The second kappa shape index (κ2) is 8.20. The Kier molecular flexibility index (Phi) is 5.96. The van der Waals surface area contributed by atoms with Crippen molar-refractivity contribution >= 4 is 27.4 Å². The van der Waals surface area contributed by atoms with E-state index in [2.05, 4.69) is 5.32 Å². The summed E-state index contributed by atoms with van der Waals surface area (Å²) in [6, 6.07) is 6.61. The van der Waals surface area contributed by atoms with Crippen LogP contribution in [0.15, 0.2) is 24.3 Å². The van der Waals surface area contributed by atoms with Gasteiger partial charge in [-0.3, -0.25) is 4.79 Å². The van der Waals surface area contributed by atoms with Crippen LogP contribution < -0.4 is 5.32 Å². The Balaban J connectivity index is 1.49. The standard InChI is InChI=1S/C19H25NO5S/c21-18(12-14-10-11-26(23,24)13-14)20-16-8-6-15(7-9-16)19(22)25-17-4-2-1-3-5-17/h6-9,14,17H,1-5,10-13H2,(H,20,21)/t14-/m0/s1. The third kappa shape index (κ3) is 5.30. The minimum Gasteiger partial charge on any atom is -0.459 e. The SMILES string of the molecule is O=C(C[C@@H]1CCS(=O)(=O)C1)Nc1ccc(C(=O)OC2CCCCC2)cc1. The number of carbonyl (C=O) groups excluding carboxylic acids is 2. The van der Waals surface area contributed by atoms with Crippen LogP contribution in [0.1, 0.15) is 55.3 Å². The van der Waals surface area contributed by atoms with Crippen LogP contribution in [0.5, 0.6) is 0 Å². The van der Waals surface area contributed by atoms with Gasteiger partial charge in [-0.2, -0.15) is 0 Å². The lowest BCUT2D eigenvalue weighted by atomic mass is 9.98. The number of hydrogen-bond donors (Lipinski definition) is 1. The molecule has 0 spiro atoms. The van der Waals surface area contributed by atoms with E-state index >= 15 is 0 Å². The first-order chi connectivity index (χ1) is 12.4.